The molecular weight excluding hydrogens is 300 g/mol. The summed E-state index contributed by atoms with van der Waals surface area (Å²) in [5, 5.41) is 0. The van der Waals surface area contributed by atoms with E-state index >= 15 is 0 Å². The maximum atomic E-state index is 4.22. The van der Waals surface area contributed by atoms with Crippen LogP contribution >= 0.6 is 0 Å². The Labute approximate surface area is 158 Å². The van der Waals surface area contributed by atoms with Crippen molar-refractivity contribution in [2.24, 2.45) is 11.8 Å². The second kappa shape index (κ2) is 13.9. The Morgan fingerprint density at radius 3 is 2.12 bits per heavy atom. The summed E-state index contributed by atoms with van der Waals surface area (Å²) in [5.74, 6) is 1.37. The Balaban J connectivity index is 4.60. The van der Waals surface area contributed by atoms with Crippen LogP contribution in [0.2, 0.25) is 0 Å². The average molecular weight is 343 g/mol. The van der Waals surface area contributed by atoms with E-state index in [-0.39, 0.29) is 0 Å². The van der Waals surface area contributed by atoms with Crippen LogP contribution in [-0.4, -0.2) is 0 Å². The lowest BCUT2D eigenvalue weighted by Gasteiger charge is -2.17. The Hall–Kier alpha value is -1.30. The number of rotatable bonds is 13. The lowest BCUT2D eigenvalue weighted by Crippen LogP contribution is -2.03. The molecule has 0 spiro atoms. The third-order valence-electron chi connectivity index (χ3n) is 4.69. The van der Waals surface area contributed by atoms with Gasteiger partial charge in [-0.05, 0) is 91.4 Å². The topological polar surface area (TPSA) is 0 Å². The van der Waals surface area contributed by atoms with Crippen LogP contribution in [0.25, 0.3) is 0 Å². The first-order chi connectivity index (χ1) is 11.7. The predicted octanol–water partition coefficient (Wildman–Crippen LogP) is 8.59. The zero-order valence-corrected chi connectivity index (χ0v) is 17.8. The predicted molar refractivity (Wildman–Crippen MR) is 117 cm³/mol. The third kappa shape index (κ3) is 14.7. The summed E-state index contributed by atoms with van der Waals surface area (Å²) in [5.41, 5.74) is 5.56. The molecule has 0 heterocycles. The van der Waals surface area contributed by atoms with Crippen molar-refractivity contribution < 1.29 is 0 Å². The molecule has 25 heavy (non-hydrogen) atoms. The minimum absolute atomic E-state index is 0.617. The van der Waals surface area contributed by atoms with Gasteiger partial charge in [-0.15, -0.1) is 6.58 Å². The molecular formula is C25H42. The molecule has 0 fully saturated rings. The average Bonchev–Trinajstić information content (AvgIpc) is 2.52. The Morgan fingerprint density at radius 1 is 0.880 bits per heavy atom. The number of hydrogen-bond acceptors (Lipinski definition) is 0. The van der Waals surface area contributed by atoms with Gasteiger partial charge in [0.15, 0.2) is 0 Å². The van der Waals surface area contributed by atoms with Gasteiger partial charge in [0.1, 0.15) is 0 Å². The fourth-order valence-corrected chi connectivity index (χ4v) is 2.92. The van der Waals surface area contributed by atoms with Crippen molar-refractivity contribution in [3.05, 3.63) is 59.8 Å². The highest BCUT2D eigenvalue weighted by atomic mass is 14.2. The summed E-state index contributed by atoms with van der Waals surface area (Å²) >= 11 is 0. The van der Waals surface area contributed by atoms with Crippen LogP contribution in [0, 0.1) is 11.8 Å². The Morgan fingerprint density at radius 2 is 1.56 bits per heavy atom. The number of allylic oxidation sites excluding steroid dienone is 8. The van der Waals surface area contributed by atoms with Crippen LogP contribution in [0.1, 0.15) is 86.5 Å². The van der Waals surface area contributed by atoms with Crippen LogP contribution in [0.4, 0.5) is 0 Å². The molecule has 0 N–H and O–H groups in total. The van der Waals surface area contributed by atoms with E-state index in [4.69, 9.17) is 0 Å². The molecule has 0 bridgehead atoms. The molecule has 0 amide bonds. The van der Waals surface area contributed by atoms with E-state index in [1.807, 2.05) is 0 Å². The van der Waals surface area contributed by atoms with Crippen LogP contribution in [0.15, 0.2) is 59.8 Å². The van der Waals surface area contributed by atoms with Crippen LogP contribution < -0.4 is 0 Å². The zero-order valence-electron chi connectivity index (χ0n) is 17.8. The summed E-state index contributed by atoms with van der Waals surface area (Å²) in [6.07, 6.45) is 17.6. The van der Waals surface area contributed by atoms with E-state index in [1.165, 1.54) is 60.8 Å². The van der Waals surface area contributed by atoms with E-state index in [0.717, 1.165) is 12.3 Å². The molecule has 0 aromatic rings. The standard InChI is InChI=1S/C25H42/c1-9-22(6)13-16-25(18-15-24(8)19-21(4)5)17-14-23(7)12-10-11-20(2)3/h9,11,14,19,22,25H,1,8,10,12-13,15-18H2,2-7H3. The maximum absolute atomic E-state index is 4.22. The van der Waals surface area contributed by atoms with Gasteiger partial charge in [0, 0.05) is 0 Å². The van der Waals surface area contributed by atoms with E-state index in [1.54, 1.807) is 0 Å². The van der Waals surface area contributed by atoms with Crippen LogP contribution in [0.3, 0.4) is 0 Å². The van der Waals surface area contributed by atoms with Crippen molar-refractivity contribution in [2.45, 2.75) is 86.5 Å². The van der Waals surface area contributed by atoms with Gasteiger partial charge in [0.25, 0.3) is 0 Å². The van der Waals surface area contributed by atoms with Crippen molar-refractivity contribution in [2.75, 3.05) is 0 Å². The summed E-state index contributed by atoms with van der Waals surface area (Å²) < 4.78 is 0. The first kappa shape index (κ1) is 23.7. The summed E-state index contributed by atoms with van der Waals surface area (Å²) in [4.78, 5) is 0. The second-order valence-corrected chi connectivity index (χ2v) is 8.18. The highest BCUT2D eigenvalue weighted by Gasteiger charge is 2.10. The van der Waals surface area contributed by atoms with E-state index in [2.05, 4.69) is 79.0 Å². The fourth-order valence-electron chi connectivity index (χ4n) is 2.92. The largest absolute Gasteiger partial charge is 0.103 e. The molecule has 0 aromatic carbocycles. The van der Waals surface area contributed by atoms with Gasteiger partial charge in [0.05, 0.1) is 0 Å². The molecule has 142 valence electrons. The first-order valence-corrected chi connectivity index (χ1v) is 9.98. The third-order valence-corrected chi connectivity index (χ3v) is 4.69. The smallest absolute Gasteiger partial charge is 0.0265 e. The molecule has 2 atom stereocenters. The highest BCUT2D eigenvalue weighted by molar-refractivity contribution is 5.18. The molecule has 0 aliphatic rings. The number of hydrogen-bond donors (Lipinski definition) is 0. The summed E-state index contributed by atoms with van der Waals surface area (Å²) in [7, 11) is 0. The normalized spacial score (nSPS) is 13.8. The fraction of sp³-hybridized carbons (Fsp3) is 0.600. The molecule has 0 aromatic heterocycles. The van der Waals surface area contributed by atoms with Gasteiger partial charge in [-0.1, -0.05) is 60.1 Å². The quantitative estimate of drug-likeness (QED) is 0.232. The molecule has 0 aliphatic carbocycles. The van der Waals surface area contributed by atoms with Gasteiger partial charge in [0.2, 0.25) is 0 Å². The molecule has 0 heteroatoms. The molecule has 0 nitrogen and oxygen atoms in total. The van der Waals surface area contributed by atoms with Crippen molar-refractivity contribution in [1.82, 2.24) is 0 Å². The van der Waals surface area contributed by atoms with Gasteiger partial charge in [-0.2, -0.15) is 0 Å². The monoisotopic (exact) mass is 342 g/mol. The Bertz CT molecular complexity index is 476. The lowest BCUT2D eigenvalue weighted by molar-refractivity contribution is 0.416. The second-order valence-electron chi connectivity index (χ2n) is 8.18. The first-order valence-electron chi connectivity index (χ1n) is 9.98. The van der Waals surface area contributed by atoms with Crippen molar-refractivity contribution in [1.29, 1.82) is 0 Å². The van der Waals surface area contributed by atoms with Crippen LogP contribution in [0.5, 0.6) is 0 Å². The van der Waals surface area contributed by atoms with Crippen LogP contribution in [-0.2, 0) is 0 Å². The zero-order chi connectivity index (χ0) is 19.2. The lowest BCUT2D eigenvalue weighted by atomic mass is 9.88. The van der Waals surface area contributed by atoms with Gasteiger partial charge in [-0.3, -0.25) is 0 Å². The summed E-state index contributed by atoms with van der Waals surface area (Å²) in [6.45, 7) is 21.3. The molecule has 0 saturated heterocycles. The highest BCUT2D eigenvalue weighted by Crippen LogP contribution is 2.25. The van der Waals surface area contributed by atoms with E-state index in [9.17, 15) is 0 Å². The molecule has 0 radical (unpaired) electrons. The van der Waals surface area contributed by atoms with Crippen molar-refractivity contribution in [3.8, 4) is 0 Å². The molecule has 0 saturated carbocycles. The van der Waals surface area contributed by atoms with Gasteiger partial charge in [-0.25, -0.2) is 0 Å². The van der Waals surface area contributed by atoms with E-state index < -0.39 is 0 Å². The maximum Gasteiger partial charge on any atom is -0.0265 e. The molecule has 2 unspecified atom stereocenters. The Kier molecular flexibility index (Phi) is 13.2. The van der Waals surface area contributed by atoms with Gasteiger partial charge >= 0.3 is 0 Å². The summed E-state index contributed by atoms with van der Waals surface area (Å²) in [6, 6.07) is 0. The molecule has 0 aliphatic heterocycles. The minimum Gasteiger partial charge on any atom is -0.103 e. The van der Waals surface area contributed by atoms with Crippen molar-refractivity contribution >= 4 is 0 Å². The van der Waals surface area contributed by atoms with E-state index in [0.29, 0.717) is 5.92 Å². The minimum atomic E-state index is 0.617. The SMILES string of the molecule is C=CC(C)CCC(CC=C(C)CCC=C(C)C)CCC(=C)C=C(C)C. The molecule has 0 rings (SSSR count). The van der Waals surface area contributed by atoms with Crippen molar-refractivity contribution in [3.63, 3.8) is 0 Å². The van der Waals surface area contributed by atoms with Gasteiger partial charge < -0.3 is 0 Å².